The van der Waals surface area contributed by atoms with Crippen molar-refractivity contribution in [1.82, 2.24) is 4.90 Å². The van der Waals surface area contributed by atoms with Crippen molar-refractivity contribution in [3.8, 4) is 0 Å². The molecule has 1 unspecified atom stereocenters. The number of aliphatic hydroxyl groups is 1. The minimum Gasteiger partial charge on any atom is -0.387 e. The lowest BCUT2D eigenvalue weighted by Gasteiger charge is -2.31. The van der Waals surface area contributed by atoms with Crippen LogP contribution >= 0.6 is 0 Å². The van der Waals surface area contributed by atoms with Crippen molar-refractivity contribution in [1.29, 1.82) is 0 Å². The van der Waals surface area contributed by atoms with Crippen molar-refractivity contribution in [3.63, 3.8) is 0 Å². The van der Waals surface area contributed by atoms with E-state index in [9.17, 15) is 5.11 Å². The van der Waals surface area contributed by atoms with E-state index in [-0.39, 0.29) is 0 Å². The highest BCUT2D eigenvalue weighted by Crippen LogP contribution is 2.39. The number of hydrogen-bond donors (Lipinski definition) is 2. The first-order valence-electron chi connectivity index (χ1n) is 6.79. The molecule has 3 nitrogen and oxygen atoms in total. The van der Waals surface area contributed by atoms with Crippen LogP contribution < -0.4 is 5.73 Å². The molecular weight excluding hydrogens is 224 g/mol. The highest BCUT2D eigenvalue weighted by Gasteiger charge is 2.43. The number of hydrogen-bond acceptors (Lipinski definition) is 3. The summed E-state index contributed by atoms with van der Waals surface area (Å²) >= 11 is 0. The highest BCUT2D eigenvalue weighted by atomic mass is 16.3. The van der Waals surface area contributed by atoms with E-state index in [2.05, 4.69) is 36.2 Å². The Kier molecular flexibility index (Phi) is 4.38. The van der Waals surface area contributed by atoms with E-state index in [0.29, 0.717) is 19.0 Å². The number of rotatable bonds is 7. The van der Waals surface area contributed by atoms with Crippen LogP contribution in [-0.2, 0) is 6.42 Å². The maximum Gasteiger partial charge on any atom is 0.0923 e. The third kappa shape index (κ3) is 3.55. The third-order valence-corrected chi connectivity index (χ3v) is 3.86. The van der Waals surface area contributed by atoms with Crippen LogP contribution in [0.15, 0.2) is 30.3 Å². The molecule has 0 amide bonds. The van der Waals surface area contributed by atoms with Crippen molar-refractivity contribution >= 4 is 0 Å². The molecule has 1 aliphatic rings. The van der Waals surface area contributed by atoms with E-state index in [1.54, 1.807) is 0 Å². The Morgan fingerprint density at radius 2 is 2.00 bits per heavy atom. The molecule has 100 valence electrons. The van der Waals surface area contributed by atoms with E-state index in [4.69, 9.17) is 5.73 Å². The Hall–Kier alpha value is -0.900. The summed E-state index contributed by atoms with van der Waals surface area (Å²) in [4.78, 5) is 2.19. The molecular formula is C15H24N2O. The second kappa shape index (κ2) is 5.83. The van der Waals surface area contributed by atoms with Gasteiger partial charge in [0, 0.05) is 19.6 Å². The lowest BCUT2D eigenvalue weighted by atomic mass is 9.97. The summed E-state index contributed by atoms with van der Waals surface area (Å²) in [5, 5.41) is 10.5. The highest BCUT2D eigenvalue weighted by molar-refractivity contribution is 5.14. The maximum absolute atomic E-state index is 10.5. The molecule has 0 aliphatic heterocycles. The van der Waals surface area contributed by atoms with Gasteiger partial charge in [0.1, 0.15) is 0 Å². The normalized spacial score (nSPS) is 18.9. The predicted molar refractivity (Wildman–Crippen MR) is 74.4 cm³/mol. The average Bonchev–Trinajstić information content (AvgIpc) is 3.22. The van der Waals surface area contributed by atoms with Gasteiger partial charge in [-0.2, -0.15) is 0 Å². The van der Waals surface area contributed by atoms with Gasteiger partial charge >= 0.3 is 0 Å². The van der Waals surface area contributed by atoms with Crippen molar-refractivity contribution in [3.05, 3.63) is 35.9 Å². The summed E-state index contributed by atoms with van der Waals surface area (Å²) in [6.07, 6.45) is 3.27. The van der Waals surface area contributed by atoms with Gasteiger partial charge in [-0.3, -0.25) is 0 Å². The zero-order valence-electron chi connectivity index (χ0n) is 11.2. The first kappa shape index (κ1) is 13.5. The first-order valence-corrected chi connectivity index (χ1v) is 6.79. The lowest BCUT2D eigenvalue weighted by molar-refractivity contribution is -0.00179. The molecule has 18 heavy (non-hydrogen) atoms. The second-order valence-corrected chi connectivity index (χ2v) is 5.56. The predicted octanol–water partition coefficient (Wildman–Crippen LogP) is 1.26. The molecule has 0 spiro atoms. The van der Waals surface area contributed by atoms with Crippen LogP contribution in [0.5, 0.6) is 0 Å². The van der Waals surface area contributed by atoms with Gasteiger partial charge in [-0.25, -0.2) is 0 Å². The molecule has 0 bridgehead atoms. The topological polar surface area (TPSA) is 49.5 Å². The summed E-state index contributed by atoms with van der Waals surface area (Å²) in [5.41, 5.74) is 6.39. The maximum atomic E-state index is 10.5. The Balaban J connectivity index is 1.79. The van der Waals surface area contributed by atoms with Crippen molar-refractivity contribution < 1.29 is 5.11 Å². The van der Waals surface area contributed by atoms with Gasteiger partial charge in [0.15, 0.2) is 0 Å². The molecule has 3 heteroatoms. The summed E-state index contributed by atoms with van der Waals surface area (Å²) in [6, 6.07) is 10.5. The van der Waals surface area contributed by atoms with Gasteiger partial charge < -0.3 is 15.7 Å². The molecule has 0 aromatic heterocycles. The van der Waals surface area contributed by atoms with Gasteiger partial charge in [0.2, 0.25) is 0 Å². The fourth-order valence-electron chi connectivity index (χ4n) is 2.49. The van der Waals surface area contributed by atoms with Crippen molar-refractivity contribution in [2.24, 2.45) is 11.7 Å². The van der Waals surface area contributed by atoms with Gasteiger partial charge in [-0.05, 0) is 37.8 Å². The van der Waals surface area contributed by atoms with E-state index in [1.165, 1.54) is 5.56 Å². The number of nitrogens with zero attached hydrogens (tertiary/aromatic N) is 1. The molecule has 0 radical (unpaired) electrons. The molecule has 1 fully saturated rings. The quantitative estimate of drug-likeness (QED) is 0.764. The SMILES string of the molecule is CN(CCc1ccccc1)CC(O)(CN)C1CC1. The Morgan fingerprint density at radius 1 is 1.33 bits per heavy atom. The molecule has 1 saturated carbocycles. The minimum atomic E-state index is -0.675. The summed E-state index contributed by atoms with van der Waals surface area (Å²) < 4.78 is 0. The lowest BCUT2D eigenvalue weighted by Crippen LogP contribution is -2.49. The zero-order chi connectivity index (χ0) is 13.0. The van der Waals surface area contributed by atoms with Crippen molar-refractivity contribution in [2.75, 3.05) is 26.7 Å². The molecule has 2 rings (SSSR count). The van der Waals surface area contributed by atoms with Crippen LogP contribution in [0, 0.1) is 5.92 Å². The molecule has 1 aliphatic carbocycles. The van der Waals surface area contributed by atoms with Crippen LogP contribution in [0.4, 0.5) is 0 Å². The minimum absolute atomic E-state index is 0.368. The average molecular weight is 248 g/mol. The zero-order valence-corrected chi connectivity index (χ0v) is 11.2. The Labute approximate surface area is 110 Å². The molecule has 3 N–H and O–H groups in total. The van der Waals surface area contributed by atoms with E-state index in [1.807, 2.05) is 6.07 Å². The molecule has 0 heterocycles. The standard InChI is InChI=1S/C15H24N2O/c1-17(10-9-13-5-3-2-4-6-13)12-15(18,11-16)14-7-8-14/h2-6,14,18H,7-12,16H2,1H3. The van der Waals surface area contributed by atoms with Crippen molar-refractivity contribution in [2.45, 2.75) is 24.9 Å². The van der Waals surface area contributed by atoms with E-state index < -0.39 is 5.60 Å². The number of likely N-dealkylation sites (N-methyl/N-ethyl adjacent to an activating group) is 1. The van der Waals surface area contributed by atoms with Crippen LogP contribution in [0.1, 0.15) is 18.4 Å². The Morgan fingerprint density at radius 3 is 2.56 bits per heavy atom. The molecule has 0 saturated heterocycles. The van der Waals surface area contributed by atoms with Crippen LogP contribution in [-0.4, -0.2) is 42.3 Å². The number of benzene rings is 1. The summed E-state index contributed by atoms with van der Waals surface area (Å²) in [7, 11) is 2.06. The van der Waals surface area contributed by atoms with Crippen LogP contribution in [0.3, 0.4) is 0 Å². The smallest absolute Gasteiger partial charge is 0.0923 e. The largest absolute Gasteiger partial charge is 0.387 e. The molecule has 1 aromatic carbocycles. The van der Waals surface area contributed by atoms with E-state index >= 15 is 0 Å². The first-order chi connectivity index (χ1) is 8.64. The van der Waals surface area contributed by atoms with Gasteiger partial charge in [-0.15, -0.1) is 0 Å². The van der Waals surface area contributed by atoms with E-state index in [0.717, 1.165) is 25.8 Å². The van der Waals surface area contributed by atoms with Crippen LogP contribution in [0.25, 0.3) is 0 Å². The Bertz CT molecular complexity index is 364. The third-order valence-electron chi connectivity index (χ3n) is 3.86. The fourth-order valence-corrected chi connectivity index (χ4v) is 2.49. The summed E-state index contributed by atoms with van der Waals surface area (Å²) in [6.45, 7) is 2.01. The van der Waals surface area contributed by atoms with Gasteiger partial charge in [0.05, 0.1) is 5.60 Å². The fraction of sp³-hybridized carbons (Fsp3) is 0.600. The molecule has 1 atom stereocenters. The monoisotopic (exact) mass is 248 g/mol. The second-order valence-electron chi connectivity index (χ2n) is 5.56. The summed E-state index contributed by atoms with van der Waals surface area (Å²) in [5.74, 6) is 0.418. The molecule has 1 aromatic rings. The van der Waals surface area contributed by atoms with Crippen LogP contribution in [0.2, 0.25) is 0 Å². The number of nitrogens with two attached hydrogens (primary N) is 1. The van der Waals surface area contributed by atoms with Gasteiger partial charge in [0.25, 0.3) is 0 Å². The van der Waals surface area contributed by atoms with Gasteiger partial charge in [-0.1, -0.05) is 30.3 Å².